The van der Waals surface area contributed by atoms with Crippen LogP contribution in [0.2, 0.25) is 0 Å². The lowest BCUT2D eigenvalue weighted by molar-refractivity contribution is -0.250. The molecule has 0 spiro atoms. The van der Waals surface area contributed by atoms with Crippen LogP contribution in [0.1, 0.15) is 138 Å². The molecule has 6 aliphatic rings. The predicted octanol–water partition coefficient (Wildman–Crippen LogP) is 8.48. The van der Waals surface area contributed by atoms with Crippen molar-refractivity contribution < 1.29 is 24.2 Å². The second-order valence-electron chi connectivity index (χ2n) is 17.7. The topological polar surface area (TPSA) is 80.7 Å². The number of ketones is 1. The quantitative estimate of drug-likeness (QED) is 0.305. The summed E-state index contributed by atoms with van der Waals surface area (Å²) in [5.41, 5.74) is 0.288. The number of hydrogen-bond acceptors (Lipinski definition) is 4. The summed E-state index contributed by atoms with van der Waals surface area (Å²) in [4.78, 5) is 38.1. The van der Waals surface area contributed by atoms with Gasteiger partial charge < -0.3 is 9.84 Å². The molecule has 6 saturated carbocycles. The third-order valence-corrected chi connectivity index (χ3v) is 15.6. The number of carboxylic acids is 1. The number of rotatable bonds is 7. The molecule has 0 aromatic heterocycles. The number of Topliss-reactive ketones (excluding diaryl/α,β-unsaturated/α-hetero) is 1. The van der Waals surface area contributed by atoms with Crippen molar-refractivity contribution in [2.24, 2.45) is 68.5 Å². The lowest BCUT2D eigenvalue weighted by Crippen LogP contribution is -2.67. The molecule has 6 fully saturated rings. The Balaban J connectivity index is 1.30. The van der Waals surface area contributed by atoms with Crippen molar-refractivity contribution in [3.63, 3.8) is 0 Å². The normalized spacial score (nSPS) is 47.5. The van der Waals surface area contributed by atoms with Crippen LogP contribution in [0.5, 0.6) is 0 Å². The molecule has 5 unspecified atom stereocenters. The molecular weight excluding hydrogens is 524 g/mol. The van der Waals surface area contributed by atoms with Crippen LogP contribution >= 0.6 is 0 Å². The summed E-state index contributed by atoms with van der Waals surface area (Å²) in [5.74, 6) is 2.78. The molecule has 6 aliphatic carbocycles. The van der Waals surface area contributed by atoms with E-state index in [1.54, 1.807) is 0 Å². The van der Waals surface area contributed by atoms with Gasteiger partial charge in [0, 0.05) is 17.3 Å². The maximum Gasteiger partial charge on any atom is 0.309 e. The third-order valence-electron chi connectivity index (χ3n) is 15.6. The minimum absolute atomic E-state index is 0.0247. The zero-order valence-electron chi connectivity index (χ0n) is 27.6. The molecule has 0 saturated heterocycles. The van der Waals surface area contributed by atoms with Crippen molar-refractivity contribution in [2.45, 2.75) is 144 Å². The molecule has 1 N–H and O–H groups in total. The maximum absolute atomic E-state index is 14.0. The number of ether oxygens (including phenoxy) is 1. The number of carbonyl (C=O) groups is 3. The van der Waals surface area contributed by atoms with Crippen LogP contribution in [-0.2, 0) is 19.1 Å². The van der Waals surface area contributed by atoms with E-state index in [4.69, 9.17) is 4.74 Å². The van der Waals surface area contributed by atoms with Crippen molar-refractivity contribution in [1.82, 2.24) is 0 Å². The van der Waals surface area contributed by atoms with Gasteiger partial charge in [-0.1, -0.05) is 48.5 Å². The van der Waals surface area contributed by atoms with E-state index >= 15 is 0 Å². The van der Waals surface area contributed by atoms with Gasteiger partial charge in [0.2, 0.25) is 0 Å². The van der Waals surface area contributed by atoms with Crippen molar-refractivity contribution in [3.05, 3.63) is 0 Å². The number of fused-ring (bicyclic) bond motifs is 7. The van der Waals surface area contributed by atoms with E-state index in [0.29, 0.717) is 35.5 Å². The number of hydrogen-bond donors (Lipinski definition) is 1. The van der Waals surface area contributed by atoms with Crippen molar-refractivity contribution in [2.75, 3.05) is 0 Å². The van der Waals surface area contributed by atoms with E-state index in [9.17, 15) is 19.5 Å². The first-order valence-corrected chi connectivity index (χ1v) is 17.6. The van der Waals surface area contributed by atoms with Crippen LogP contribution in [-0.4, -0.2) is 28.9 Å². The van der Waals surface area contributed by atoms with E-state index in [0.717, 1.165) is 51.4 Å². The Morgan fingerprint density at radius 2 is 1.48 bits per heavy atom. The van der Waals surface area contributed by atoms with Gasteiger partial charge in [0.05, 0.1) is 12.3 Å². The molecule has 0 radical (unpaired) electrons. The minimum Gasteiger partial charge on any atom is -0.481 e. The fourth-order valence-electron chi connectivity index (χ4n) is 13.1. The standard InChI is InChI=1S/C37H58O5/c1-22(2)24-14-19-37(28(38)12-13-30(39)40)21-20-35(6)25(31(24)37)10-11-27-34(5)17-16-29(42-32(41)23-8-9-23)33(3,4)26(34)15-18-36(27,35)7/h22-27,29,31H,8-21H2,1-7H3,(H,39,40)/t24?,25?,26?,27?,29-,31?,34+,35-,36-,37-/m1/s1. The molecule has 0 aromatic carbocycles. The Kier molecular flexibility index (Phi) is 7.34. The van der Waals surface area contributed by atoms with Gasteiger partial charge in [0.1, 0.15) is 11.9 Å². The van der Waals surface area contributed by atoms with Gasteiger partial charge in [-0.25, -0.2) is 0 Å². The van der Waals surface area contributed by atoms with Gasteiger partial charge >= 0.3 is 11.9 Å². The molecule has 5 heteroatoms. The van der Waals surface area contributed by atoms with Gasteiger partial charge in [-0.2, -0.15) is 0 Å². The molecule has 0 amide bonds. The van der Waals surface area contributed by atoms with Gasteiger partial charge in [-0.05, 0) is 129 Å². The van der Waals surface area contributed by atoms with Crippen LogP contribution in [0.15, 0.2) is 0 Å². The lowest BCUT2D eigenvalue weighted by Gasteiger charge is -2.73. The monoisotopic (exact) mass is 582 g/mol. The van der Waals surface area contributed by atoms with E-state index in [2.05, 4.69) is 48.5 Å². The fourth-order valence-corrected chi connectivity index (χ4v) is 13.1. The second kappa shape index (κ2) is 10.1. The summed E-state index contributed by atoms with van der Waals surface area (Å²) in [5, 5.41) is 9.40. The molecule has 6 rings (SSSR count). The number of esters is 1. The summed E-state index contributed by atoms with van der Waals surface area (Å²) >= 11 is 0. The Labute approximate surface area is 254 Å². The van der Waals surface area contributed by atoms with E-state index in [1.807, 2.05) is 0 Å². The summed E-state index contributed by atoms with van der Waals surface area (Å²) in [6, 6.07) is 0. The average molecular weight is 583 g/mol. The molecule has 0 bridgehead atoms. The van der Waals surface area contributed by atoms with Gasteiger partial charge in [0.15, 0.2) is 0 Å². The average Bonchev–Trinajstić information content (AvgIpc) is 3.69. The Morgan fingerprint density at radius 1 is 0.762 bits per heavy atom. The van der Waals surface area contributed by atoms with Crippen LogP contribution < -0.4 is 0 Å². The van der Waals surface area contributed by atoms with Gasteiger partial charge in [-0.15, -0.1) is 0 Å². The highest BCUT2D eigenvalue weighted by atomic mass is 16.5. The zero-order valence-corrected chi connectivity index (χ0v) is 27.6. The van der Waals surface area contributed by atoms with E-state index < -0.39 is 5.97 Å². The minimum atomic E-state index is -0.853. The number of aliphatic carboxylic acids is 1. The number of carbonyl (C=O) groups excluding carboxylic acids is 2. The lowest BCUT2D eigenvalue weighted by atomic mass is 9.32. The smallest absolute Gasteiger partial charge is 0.309 e. The van der Waals surface area contributed by atoms with Gasteiger partial charge in [0.25, 0.3) is 0 Å². The molecular formula is C37H58O5. The zero-order chi connectivity index (χ0) is 30.5. The predicted molar refractivity (Wildman–Crippen MR) is 163 cm³/mol. The fraction of sp³-hybridized carbons (Fsp3) is 0.919. The Bertz CT molecular complexity index is 1120. The summed E-state index contributed by atoms with van der Waals surface area (Å²) < 4.78 is 6.23. The largest absolute Gasteiger partial charge is 0.481 e. The molecule has 0 aliphatic heterocycles. The summed E-state index contributed by atoms with van der Waals surface area (Å²) in [6.07, 6.45) is 13.2. The first-order valence-electron chi connectivity index (χ1n) is 17.6. The van der Waals surface area contributed by atoms with Crippen molar-refractivity contribution in [1.29, 1.82) is 0 Å². The van der Waals surface area contributed by atoms with E-state index in [-0.39, 0.29) is 63.7 Å². The highest BCUT2D eigenvalue weighted by Gasteiger charge is 2.72. The Morgan fingerprint density at radius 3 is 2.12 bits per heavy atom. The summed E-state index contributed by atoms with van der Waals surface area (Å²) in [7, 11) is 0. The van der Waals surface area contributed by atoms with Crippen LogP contribution in [0, 0.1) is 68.5 Å². The highest BCUT2D eigenvalue weighted by Crippen LogP contribution is 2.77. The molecule has 0 heterocycles. The molecule has 5 nitrogen and oxygen atoms in total. The van der Waals surface area contributed by atoms with Gasteiger partial charge in [-0.3, -0.25) is 14.4 Å². The molecule has 42 heavy (non-hydrogen) atoms. The molecule has 0 aromatic rings. The second-order valence-corrected chi connectivity index (χ2v) is 17.7. The van der Waals surface area contributed by atoms with Crippen LogP contribution in [0.3, 0.4) is 0 Å². The highest BCUT2D eigenvalue weighted by molar-refractivity contribution is 5.88. The number of carboxylic acid groups (broad SMARTS) is 1. The summed E-state index contributed by atoms with van der Waals surface area (Å²) in [6.45, 7) is 17.3. The first kappa shape index (κ1) is 30.6. The SMILES string of the molecule is CC(C)C1CC[C@]2(C(=O)CCC(=O)O)CC[C@]3(C)C(CCC4[C@@]5(C)CC[C@@H](OC(=O)C6CC6)C(C)(C)C5CC[C@]43C)C12. The van der Waals surface area contributed by atoms with Crippen molar-refractivity contribution >= 4 is 17.7 Å². The third kappa shape index (κ3) is 4.23. The van der Waals surface area contributed by atoms with Crippen LogP contribution in [0.25, 0.3) is 0 Å². The molecule has 236 valence electrons. The first-order chi connectivity index (χ1) is 19.6. The molecule has 10 atom stereocenters. The van der Waals surface area contributed by atoms with Crippen LogP contribution in [0.4, 0.5) is 0 Å². The van der Waals surface area contributed by atoms with E-state index in [1.165, 1.54) is 25.7 Å². The maximum atomic E-state index is 14.0. The van der Waals surface area contributed by atoms with Crippen molar-refractivity contribution in [3.8, 4) is 0 Å². The Hall–Kier alpha value is -1.39.